The lowest BCUT2D eigenvalue weighted by Crippen LogP contribution is -2.35. The van der Waals surface area contributed by atoms with Gasteiger partial charge in [0.15, 0.2) is 0 Å². The highest BCUT2D eigenvalue weighted by atomic mass is 16.5. The van der Waals surface area contributed by atoms with Crippen LogP contribution in [0, 0.1) is 13.8 Å². The standard InChI is InChI=1S/C19H31N3O3/c1-14-12-16(13-15(2)18(14)24-4)21-19(23)20-8-5-11-25-17-6-9-22(3)10-7-17/h12-13,17H,5-11H2,1-4H3,(H2,20,21,23). The number of hydrogen-bond acceptors (Lipinski definition) is 4. The van der Waals surface area contributed by atoms with Crippen LogP contribution in [0.2, 0.25) is 0 Å². The van der Waals surface area contributed by atoms with Crippen LogP contribution < -0.4 is 15.4 Å². The second kappa shape index (κ2) is 9.63. The number of aryl methyl sites for hydroxylation is 2. The molecule has 1 aromatic rings. The molecule has 140 valence electrons. The van der Waals surface area contributed by atoms with Crippen LogP contribution in [0.4, 0.5) is 10.5 Å². The highest BCUT2D eigenvalue weighted by Crippen LogP contribution is 2.26. The first-order chi connectivity index (χ1) is 12.0. The van der Waals surface area contributed by atoms with Gasteiger partial charge in [-0.1, -0.05) is 0 Å². The number of likely N-dealkylation sites (tertiary alicyclic amines) is 1. The van der Waals surface area contributed by atoms with Crippen molar-refractivity contribution >= 4 is 11.7 Å². The van der Waals surface area contributed by atoms with Crippen molar-refractivity contribution in [3.63, 3.8) is 0 Å². The SMILES string of the molecule is COc1c(C)cc(NC(=O)NCCCOC2CCN(C)CC2)cc1C. The molecule has 6 nitrogen and oxygen atoms in total. The van der Waals surface area contributed by atoms with Crippen molar-refractivity contribution in [1.82, 2.24) is 10.2 Å². The topological polar surface area (TPSA) is 62.8 Å². The summed E-state index contributed by atoms with van der Waals surface area (Å²) >= 11 is 0. The van der Waals surface area contributed by atoms with Gasteiger partial charge in [0.25, 0.3) is 0 Å². The minimum atomic E-state index is -0.191. The van der Waals surface area contributed by atoms with E-state index in [1.165, 1.54) is 0 Å². The van der Waals surface area contributed by atoms with E-state index in [-0.39, 0.29) is 6.03 Å². The minimum Gasteiger partial charge on any atom is -0.496 e. The Morgan fingerprint density at radius 1 is 1.24 bits per heavy atom. The maximum absolute atomic E-state index is 12.0. The lowest BCUT2D eigenvalue weighted by molar-refractivity contribution is 0.0118. The predicted molar refractivity (Wildman–Crippen MR) is 101 cm³/mol. The summed E-state index contributed by atoms with van der Waals surface area (Å²) in [6.07, 6.45) is 3.39. The second-order valence-corrected chi connectivity index (χ2v) is 6.75. The number of piperidine rings is 1. The van der Waals surface area contributed by atoms with Gasteiger partial charge >= 0.3 is 6.03 Å². The van der Waals surface area contributed by atoms with E-state index in [2.05, 4.69) is 22.6 Å². The lowest BCUT2D eigenvalue weighted by atomic mass is 10.1. The Hall–Kier alpha value is -1.79. The molecule has 0 aliphatic carbocycles. The number of methoxy groups -OCH3 is 1. The average molecular weight is 349 g/mol. The van der Waals surface area contributed by atoms with Gasteiger partial charge in [-0.2, -0.15) is 0 Å². The molecular formula is C19H31N3O3. The number of benzene rings is 1. The van der Waals surface area contributed by atoms with Crippen molar-refractivity contribution in [3.05, 3.63) is 23.3 Å². The van der Waals surface area contributed by atoms with E-state index >= 15 is 0 Å². The largest absolute Gasteiger partial charge is 0.496 e. The van der Waals surface area contributed by atoms with Crippen LogP contribution in [0.15, 0.2) is 12.1 Å². The Morgan fingerprint density at radius 3 is 2.48 bits per heavy atom. The van der Waals surface area contributed by atoms with Gasteiger partial charge in [0.1, 0.15) is 5.75 Å². The van der Waals surface area contributed by atoms with E-state index in [4.69, 9.17) is 9.47 Å². The van der Waals surface area contributed by atoms with Crippen molar-refractivity contribution in [1.29, 1.82) is 0 Å². The number of urea groups is 1. The Labute approximate surface area is 150 Å². The first kappa shape index (κ1) is 19.5. The molecule has 0 unspecified atom stereocenters. The van der Waals surface area contributed by atoms with E-state index in [0.717, 1.165) is 54.9 Å². The number of rotatable bonds is 7. The van der Waals surface area contributed by atoms with Gasteiger partial charge in [-0.3, -0.25) is 0 Å². The average Bonchev–Trinajstić information content (AvgIpc) is 2.56. The second-order valence-electron chi connectivity index (χ2n) is 6.75. The molecule has 6 heteroatoms. The summed E-state index contributed by atoms with van der Waals surface area (Å²) in [5.41, 5.74) is 2.78. The summed E-state index contributed by atoms with van der Waals surface area (Å²) in [6, 6.07) is 3.63. The predicted octanol–water partition coefficient (Wildman–Crippen LogP) is 2.93. The molecule has 1 heterocycles. The molecule has 2 N–H and O–H groups in total. The Balaban J connectivity index is 1.64. The molecule has 1 aliphatic heterocycles. The van der Waals surface area contributed by atoms with Gasteiger partial charge < -0.3 is 25.0 Å². The molecule has 1 fully saturated rings. The maximum Gasteiger partial charge on any atom is 0.319 e. The van der Waals surface area contributed by atoms with Crippen LogP contribution in [0.1, 0.15) is 30.4 Å². The third kappa shape index (κ3) is 6.21. The number of ether oxygens (including phenoxy) is 2. The zero-order valence-corrected chi connectivity index (χ0v) is 15.9. The van der Waals surface area contributed by atoms with E-state index in [1.54, 1.807) is 7.11 Å². The molecule has 1 aromatic carbocycles. The summed E-state index contributed by atoms with van der Waals surface area (Å²) in [5, 5.41) is 5.74. The van der Waals surface area contributed by atoms with Crippen LogP contribution >= 0.6 is 0 Å². The number of carbonyl (C=O) groups is 1. The number of amides is 2. The van der Waals surface area contributed by atoms with E-state index in [0.29, 0.717) is 19.3 Å². The van der Waals surface area contributed by atoms with Crippen LogP contribution in [-0.2, 0) is 4.74 Å². The molecule has 0 saturated carbocycles. The first-order valence-electron chi connectivity index (χ1n) is 9.00. The fourth-order valence-corrected chi connectivity index (χ4v) is 3.20. The number of anilines is 1. The fraction of sp³-hybridized carbons (Fsp3) is 0.632. The molecule has 2 rings (SSSR count). The maximum atomic E-state index is 12.0. The molecule has 0 bridgehead atoms. The normalized spacial score (nSPS) is 15.8. The van der Waals surface area contributed by atoms with Gasteiger partial charge in [-0.05, 0) is 63.4 Å². The monoisotopic (exact) mass is 349 g/mol. The summed E-state index contributed by atoms with van der Waals surface area (Å²) in [7, 11) is 3.80. The third-order valence-electron chi connectivity index (χ3n) is 4.55. The molecule has 25 heavy (non-hydrogen) atoms. The van der Waals surface area contributed by atoms with Gasteiger partial charge in [0, 0.05) is 31.9 Å². The molecule has 2 amide bonds. The van der Waals surface area contributed by atoms with Gasteiger partial charge in [0.2, 0.25) is 0 Å². The van der Waals surface area contributed by atoms with Crippen molar-refractivity contribution in [2.75, 3.05) is 45.7 Å². The van der Waals surface area contributed by atoms with E-state index in [9.17, 15) is 4.79 Å². The van der Waals surface area contributed by atoms with Crippen molar-refractivity contribution < 1.29 is 14.3 Å². The molecule has 0 atom stereocenters. The number of hydrogen-bond donors (Lipinski definition) is 2. The summed E-state index contributed by atoms with van der Waals surface area (Å²) in [5.74, 6) is 0.858. The third-order valence-corrected chi connectivity index (χ3v) is 4.55. The van der Waals surface area contributed by atoms with Crippen molar-refractivity contribution in [2.45, 2.75) is 39.2 Å². The van der Waals surface area contributed by atoms with Gasteiger partial charge in [-0.25, -0.2) is 4.79 Å². The van der Waals surface area contributed by atoms with Gasteiger partial charge in [0.05, 0.1) is 13.2 Å². The van der Waals surface area contributed by atoms with E-state index in [1.807, 2.05) is 26.0 Å². The summed E-state index contributed by atoms with van der Waals surface area (Å²) < 4.78 is 11.2. The Bertz CT molecular complexity index is 546. The molecule has 0 spiro atoms. The first-order valence-corrected chi connectivity index (χ1v) is 9.00. The zero-order valence-electron chi connectivity index (χ0n) is 15.9. The molecule has 0 radical (unpaired) electrons. The quantitative estimate of drug-likeness (QED) is 0.743. The van der Waals surface area contributed by atoms with Crippen LogP contribution in [-0.4, -0.2) is 57.4 Å². The van der Waals surface area contributed by atoms with Crippen LogP contribution in [0.3, 0.4) is 0 Å². The van der Waals surface area contributed by atoms with Gasteiger partial charge in [-0.15, -0.1) is 0 Å². The Morgan fingerprint density at radius 2 is 1.88 bits per heavy atom. The highest BCUT2D eigenvalue weighted by Gasteiger charge is 2.16. The highest BCUT2D eigenvalue weighted by molar-refractivity contribution is 5.89. The number of nitrogens with one attached hydrogen (secondary N) is 2. The number of carbonyl (C=O) groups excluding carboxylic acids is 1. The summed E-state index contributed by atoms with van der Waals surface area (Å²) in [6.45, 7) is 7.44. The van der Waals surface area contributed by atoms with Crippen molar-refractivity contribution in [2.24, 2.45) is 0 Å². The summed E-state index contributed by atoms with van der Waals surface area (Å²) in [4.78, 5) is 14.3. The molecule has 1 aliphatic rings. The number of nitrogens with zero attached hydrogens (tertiary/aromatic N) is 1. The van der Waals surface area contributed by atoms with Crippen LogP contribution in [0.25, 0.3) is 0 Å². The molecular weight excluding hydrogens is 318 g/mol. The van der Waals surface area contributed by atoms with Crippen LogP contribution in [0.5, 0.6) is 5.75 Å². The smallest absolute Gasteiger partial charge is 0.319 e. The lowest BCUT2D eigenvalue weighted by Gasteiger charge is -2.28. The molecule has 1 saturated heterocycles. The fourth-order valence-electron chi connectivity index (χ4n) is 3.20. The van der Waals surface area contributed by atoms with E-state index < -0.39 is 0 Å². The van der Waals surface area contributed by atoms with Crippen molar-refractivity contribution in [3.8, 4) is 5.75 Å². The Kier molecular flexibility index (Phi) is 7.52. The minimum absolute atomic E-state index is 0.191. The molecule has 0 aromatic heterocycles. The zero-order chi connectivity index (χ0) is 18.2.